The third-order valence-electron chi connectivity index (χ3n) is 8.03. The van der Waals surface area contributed by atoms with E-state index in [0.717, 1.165) is 38.5 Å². The van der Waals surface area contributed by atoms with Crippen molar-refractivity contribution in [3.63, 3.8) is 0 Å². The van der Waals surface area contributed by atoms with E-state index >= 15 is 0 Å². The zero-order valence-corrected chi connectivity index (χ0v) is 25.3. The van der Waals surface area contributed by atoms with E-state index < -0.39 is 12.0 Å². The Morgan fingerprint density at radius 3 is 2.48 bits per heavy atom. The number of aromatic nitrogens is 2. The van der Waals surface area contributed by atoms with Crippen LogP contribution in [0.4, 0.5) is 0 Å². The summed E-state index contributed by atoms with van der Waals surface area (Å²) in [5.41, 5.74) is 5.13. The van der Waals surface area contributed by atoms with Gasteiger partial charge in [0.2, 0.25) is 0 Å². The Morgan fingerprint density at radius 2 is 1.70 bits per heavy atom. The number of rotatable bonds is 6. The van der Waals surface area contributed by atoms with Crippen molar-refractivity contribution in [2.24, 2.45) is 4.99 Å². The zero-order chi connectivity index (χ0) is 30.4. The number of esters is 1. The molecule has 0 saturated carbocycles. The Morgan fingerprint density at radius 1 is 0.977 bits per heavy atom. The van der Waals surface area contributed by atoms with Gasteiger partial charge in [-0.2, -0.15) is 0 Å². The lowest BCUT2D eigenvalue weighted by Crippen LogP contribution is -2.40. The van der Waals surface area contributed by atoms with E-state index in [1.54, 1.807) is 25.5 Å². The molecule has 0 radical (unpaired) electrons. The molecule has 218 valence electrons. The summed E-state index contributed by atoms with van der Waals surface area (Å²) in [6.07, 6.45) is 1.94. The number of hydrogen-bond acceptors (Lipinski definition) is 6. The van der Waals surface area contributed by atoms with Crippen LogP contribution in [-0.4, -0.2) is 29.2 Å². The van der Waals surface area contributed by atoms with Gasteiger partial charge in [-0.25, -0.2) is 9.79 Å². The minimum atomic E-state index is -0.801. The van der Waals surface area contributed by atoms with E-state index in [4.69, 9.17) is 14.5 Å². The van der Waals surface area contributed by atoms with E-state index in [0.29, 0.717) is 31.9 Å². The number of carbonyl (C=O) groups excluding carboxylic acids is 1. The maximum atomic E-state index is 14.5. The van der Waals surface area contributed by atoms with Crippen molar-refractivity contribution in [1.82, 2.24) is 9.55 Å². The summed E-state index contributed by atoms with van der Waals surface area (Å²) >= 11 is 1.31. The van der Waals surface area contributed by atoms with Gasteiger partial charge in [0.05, 0.1) is 35.2 Å². The summed E-state index contributed by atoms with van der Waals surface area (Å²) in [5.74, 6) is 0.0637. The Kier molecular flexibility index (Phi) is 6.98. The number of H-pyrrole nitrogens is 1. The molecule has 1 aliphatic rings. The maximum absolute atomic E-state index is 14.5. The van der Waals surface area contributed by atoms with Crippen LogP contribution < -0.4 is 19.6 Å². The fourth-order valence-electron chi connectivity index (χ4n) is 6.08. The van der Waals surface area contributed by atoms with E-state index in [1.165, 1.54) is 11.3 Å². The SMILES string of the molecule is CCOC(=O)C1=C(C)N=c2s/c(=C/c3c(-c4ccccc4)[nH]c4ccccc34)c(=O)n2[C@H]1c1c(OC)ccc2ccccc12. The predicted octanol–water partition coefficient (Wildman–Crippen LogP) is 6.11. The number of benzene rings is 4. The predicted molar refractivity (Wildman–Crippen MR) is 175 cm³/mol. The lowest BCUT2D eigenvalue weighted by molar-refractivity contribution is -0.139. The molecule has 0 fully saturated rings. The quantitative estimate of drug-likeness (QED) is 0.234. The second-order valence-corrected chi connectivity index (χ2v) is 11.5. The largest absolute Gasteiger partial charge is 0.496 e. The highest BCUT2D eigenvalue weighted by atomic mass is 32.1. The highest BCUT2D eigenvalue weighted by Crippen LogP contribution is 2.40. The number of aromatic amines is 1. The van der Waals surface area contributed by atoms with Crippen molar-refractivity contribution in [2.75, 3.05) is 13.7 Å². The fraction of sp³-hybridized carbons (Fsp3) is 0.139. The molecule has 6 aromatic rings. The van der Waals surface area contributed by atoms with Gasteiger partial charge in [-0.3, -0.25) is 9.36 Å². The van der Waals surface area contributed by atoms with Crippen LogP contribution in [0.1, 0.15) is 31.0 Å². The molecule has 0 spiro atoms. The Bertz CT molecular complexity index is 2290. The fourth-order valence-corrected chi connectivity index (χ4v) is 7.11. The molecule has 1 aliphatic heterocycles. The number of nitrogens with one attached hydrogen (secondary N) is 1. The molecule has 1 N–H and O–H groups in total. The highest BCUT2D eigenvalue weighted by molar-refractivity contribution is 7.07. The van der Waals surface area contributed by atoms with Crippen LogP contribution in [0.2, 0.25) is 0 Å². The molecular weight excluding hydrogens is 570 g/mol. The van der Waals surface area contributed by atoms with Crippen LogP contribution in [-0.2, 0) is 9.53 Å². The first kappa shape index (κ1) is 27.6. The first-order valence-electron chi connectivity index (χ1n) is 14.4. The molecular formula is C36H29N3O4S. The zero-order valence-electron chi connectivity index (χ0n) is 24.5. The monoisotopic (exact) mass is 599 g/mol. The number of carbonyl (C=O) groups is 1. The van der Waals surface area contributed by atoms with Crippen molar-refractivity contribution in [3.05, 3.63) is 133 Å². The maximum Gasteiger partial charge on any atom is 0.338 e. The van der Waals surface area contributed by atoms with Crippen molar-refractivity contribution in [1.29, 1.82) is 0 Å². The van der Waals surface area contributed by atoms with E-state index in [9.17, 15) is 9.59 Å². The average molecular weight is 600 g/mol. The second kappa shape index (κ2) is 11.1. The van der Waals surface area contributed by atoms with Gasteiger partial charge in [0, 0.05) is 22.0 Å². The lowest BCUT2D eigenvalue weighted by Gasteiger charge is -2.27. The molecule has 0 aliphatic carbocycles. The smallest absolute Gasteiger partial charge is 0.338 e. The van der Waals surface area contributed by atoms with Gasteiger partial charge < -0.3 is 14.5 Å². The molecule has 0 bridgehead atoms. The molecule has 0 amide bonds. The van der Waals surface area contributed by atoms with Crippen LogP contribution in [0, 0.1) is 0 Å². The van der Waals surface area contributed by atoms with Crippen LogP contribution in [0.15, 0.2) is 112 Å². The summed E-state index contributed by atoms with van der Waals surface area (Å²) in [5, 5.41) is 2.85. The number of methoxy groups -OCH3 is 1. The van der Waals surface area contributed by atoms with Gasteiger partial charge in [-0.15, -0.1) is 0 Å². The van der Waals surface area contributed by atoms with E-state index in [1.807, 2.05) is 97.1 Å². The molecule has 1 atom stereocenters. The van der Waals surface area contributed by atoms with Crippen molar-refractivity contribution in [2.45, 2.75) is 19.9 Å². The highest BCUT2D eigenvalue weighted by Gasteiger charge is 2.36. The van der Waals surface area contributed by atoms with Crippen LogP contribution >= 0.6 is 11.3 Å². The number of nitrogens with zero attached hydrogens (tertiary/aromatic N) is 2. The molecule has 3 heterocycles. The van der Waals surface area contributed by atoms with Gasteiger partial charge in [0.1, 0.15) is 11.8 Å². The first-order valence-corrected chi connectivity index (χ1v) is 15.2. The van der Waals surface area contributed by atoms with Gasteiger partial charge in [-0.05, 0) is 48.4 Å². The molecule has 0 saturated heterocycles. The molecule has 44 heavy (non-hydrogen) atoms. The van der Waals surface area contributed by atoms with Gasteiger partial charge in [0.15, 0.2) is 4.80 Å². The van der Waals surface area contributed by atoms with Gasteiger partial charge in [0.25, 0.3) is 5.56 Å². The van der Waals surface area contributed by atoms with Crippen LogP contribution in [0.3, 0.4) is 0 Å². The third kappa shape index (κ3) is 4.46. The van der Waals surface area contributed by atoms with Crippen molar-refractivity contribution < 1.29 is 14.3 Å². The topological polar surface area (TPSA) is 85.7 Å². The summed E-state index contributed by atoms with van der Waals surface area (Å²) in [6.45, 7) is 3.76. The van der Waals surface area contributed by atoms with Crippen LogP contribution in [0.5, 0.6) is 5.75 Å². The number of para-hydroxylation sites is 1. The summed E-state index contributed by atoms with van der Waals surface area (Å²) < 4.78 is 13.5. The normalized spacial score (nSPS) is 15.0. The van der Waals surface area contributed by atoms with E-state index in [-0.39, 0.29) is 12.2 Å². The number of ether oxygens (including phenoxy) is 2. The van der Waals surface area contributed by atoms with Gasteiger partial charge in [-0.1, -0.05) is 90.2 Å². The minimum absolute atomic E-state index is 0.197. The minimum Gasteiger partial charge on any atom is -0.496 e. The molecule has 7 nitrogen and oxygen atoms in total. The van der Waals surface area contributed by atoms with E-state index in [2.05, 4.69) is 4.98 Å². The number of hydrogen-bond donors (Lipinski definition) is 1. The average Bonchev–Trinajstić information content (AvgIpc) is 3.57. The summed E-state index contributed by atoms with van der Waals surface area (Å²) in [4.78, 5) is 36.9. The summed E-state index contributed by atoms with van der Waals surface area (Å²) in [6, 6.07) is 29.1. The molecule has 8 heteroatoms. The van der Waals surface area contributed by atoms with Crippen molar-refractivity contribution in [3.8, 4) is 17.0 Å². The Balaban J connectivity index is 1.54. The molecule has 7 rings (SSSR count). The standard InChI is InChI=1S/C36H29N3O4S/c1-4-43-35(41)30-21(2)37-36-39(33(30)31-24-15-9-8-12-22(24)18-19-28(31)42-3)34(40)29(44-36)20-26-25-16-10-11-17-27(25)38-32(26)23-13-6-5-7-14-23/h5-20,33,38H,4H2,1-3H3/b29-20+/t33-/m1/s1. The molecule has 4 aromatic carbocycles. The number of thiazole rings is 1. The third-order valence-corrected chi connectivity index (χ3v) is 9.01. The Hall–Kier alpha value is -5.21. The Labute approximate surface area is 257 Å². The lowest BCUT2D eigenvalue weighted by atomic mass is 9.90. The number of allylic oxidation sites excluding steroid dienone is 1. The molecule has 2 aromatic heterocycles. The molecule has 0 unspecified atom stereocenters. The number of fused-ring (bicyclic) bond motifs is 3. The first-order chi connectivity index (χ1) is 21.5. The summed E-state index contributed by atoms with van der Waals surface area (Å²) in [7, 11) is 1.60. The van der Waals surface area contributed by atoms with Gasteiger partial charge >= 0.3 is 5.97 Å². The van der Waals surface area contributed by atoms with Crippen molar-refractivity contribution >= 4 is 45.1 Å². The second-order valence-electron chi connectivity index (χ2n) is 10.5. The van der Waals surface area contributed by atoms with Crippen LogP contribution in [0.25, 0.3) is 39.0 Å².